The van der Waals surface area contributed by atoms with Gasteiger partial charge in [-0.2, -0.15) is 0 Å². The van der Waals surface area contributed by atoms with E-state index in [-0.39, 0.29) is 11.0 Å². The SMILES string of the molecule is Cc1ccc(S(=O)(=O)c2cc(C)cc(OCC3CO3)c2)cc1. The molecular formula is C17H18O4S. The first kappa shape index (κ1) is 15.1. The van der Waals surface area contributed by atoms with Crippen LogP contribution in [0.2, 0.25) is 0 Å². The Bertz CT molecular complexity index is 775. The molecular weight excluding hydrogens is 300 g/mol. The van der Waals surface area contributed by atoms with Crippen molar-refractivity contribution in [3.05, 3.63) is 53.6 Å². The Morgan fingerprint density at radius 3 is 2.36 bits per heavy atom. The topological polar surface area (TPSA) is 55.9 Å². The molecule has 0 aliphatic carbocycles. The van der Waals surface area contributed by atoms with Gasteiger partial charge in [0.2, 0.25) is 9.84 Å². The van der Waals surface area contributed by atoms with Crippen LogP contribution in [0.4, 0.5) is 0 Å². The lowest BCUT2D eigenvalue weighted by Crippen LogP contribution is -2.06. The van der Waals surface area contributed by atoms with Crippen molar-refractivity contribution in [3.8, 4) is 5.75 Å². The van der Waals surface area contributed by atoms with Crippen LogP contribution in [0.3, 0.4) is 0 Å². The van der Waals surface area contributed by atoms with E-state index < -0.39 is 9.84 Å². The predicted molar refractivity (Wildman–Crippen MR) is 83.0 cm³/mol. The molecule has 5 heteroatoms. The Labute approximate surface area is 130 Å². The summed E-state index contributed by atoms with van der Waals surface area (Å²) in [6.07, 6.45) is 0.137. The molecule has 0 saturated carbocycles. The highest BCUT2D eigenvalue weighted by Crippen LogP contribution is 2.27. The minimum absolute atomic E-state index is 0.137. The van der Waals surface area contributed by atoms with Gasteiger partial charge in [0.05, 0.1) is 16.4 Å². The molecule has 0 aromatic heterocycles. The van der Waals surface area contributed by atoms with E-state index in [1.54, 1.807) is 36.4 Å². The zero-order valence-corrected chi connectivity index (χ0v) is 13.4. The van der Waals surface area contributed by atoms with Gasteiger partial charge in [-0.15, -0.1) is 0 Å². The summed E-state index contributed by atoms with van der Waals surface area (Å²) in [5.41, 5.74) is 1.87. The number of hydrogen-bond acceptors (Lipinski definition) is 4. The molecule has 0 radical (unpaired) electrons. The summed E-state index contributed by atoms with van der Waals surface area (Å²) >= 11 is 0. The molecule has 0 spiro atoms. The number of hydrogen-bond donors (Lipinski definition) is 0. The second kappa shape index (κ2) is 5.74. The fourth-order valence-electron chi connectivity index (χ4n) is 2.16. The van der Waals surface area contributed by atoms with E-state index >= 15 is 0 Å². The third-order valence-corrected chi connectivity index (χ3v) is 5.25. The highest BCUT2D eigenvalue weighted by molar-refractivity contribution is 7.91. The average molecular weight is 318 g/mol. The van der Waals surface area contributed by atoms with Crippen LogP contribution in [0, 0.1) is 13.8 Å². The van der Waals surface area contributed by atoms with Gasteiger partial charge in [0, 0.05) is 0 Å². The van der Waals surface area contributed by atoms with Crippen molar-refractivity contribution >= 4 is 9.84 Å². The van der Waals surface area contributed by atoms with Crippen LogP contribution in [0.15, 0.2) is 52.3 Å². The monoisotopic (exact) mass is 318 g/mol. The maximum Gasteiger partial charge on any atom is 0.206 e. The first-order valence-corrected chi connectivity index (χ1v) is 8.61. The van der Waals surface area contributed by atoms with Gasteiger partial charge in [-0.1, -0.05) is 17.7 Å². The molecule has 2 aromatic rings. The number of sulfone groups is 1. The lowest BCUT2D eigenvalue weighted by atomic mass is 10.2. The second-order valence-electron chi connectivity index (χ2n) is 5.56. The number of benzene rings is 2. The summed E-state index contributed by atoms with van der Waals surface area (Å²) in [4.78, 5) is 0.545. The fraction of sp³-hybridized carbons (Fsp3) is 0.294. The van der Waals surface area contributed by atoms with E-state index in [4.69, 9.17) is 9.47 Å². The molecule has 1 fully saturated rings. The van der Waals surface area contributed by atoms with Gasteiger partial charge in [-0.25, -0.2) is 8.42 Å². The number of epoxide rings is 1. The van der Waals surface area contributed by atoms with Crippen molar-refractivity contribution in [1.82, 2.24) is 0 Å². The van der Waals surface area contributed by atoms with Crippen LogP contribution in [0.1, 0.15) is 11.1 Å². The Kier molecular flexibility index (Phi) is 3.93. The third-order valence-electron chi connectivity index (χ3n) is 3.50. The molecule has 1 saturated heterocycles. The van der Waals surface area contributed by atoms with E-state index in [2.05, 4.69) is 0 Å². The molecule has 2 aromatic carbocycles. The molecule has 22 heavy (non-hydrogen) atoms. The summed E-state index contributed by atoms with van der Waals surface area (Å²) in [5.74, 6) is 0.557. The average Bonchev–Trinajstić information content (AvgIpc) is 3.29. The van der Waals surface area contributed by atoms with Crippen LogP contribution >= 0.6 is 0 Å². The molecule has 1 unspecified atom stereocenters. The minimum Gasteiger partial charge on any atom is -0.491 e. The molecule has 1 atom stereocenters. The van der Waals surface area contributed by atoms with Gasteiger partial charge in [-0.3, -0.25) is 0 Å². The second-order valence-corrected chi connectivity index (χ2v) is 7.51. The zero-order chi connectivity index (χ0) is 15.7. The Morgan fingerprint density at radius 2 is 1.73 bits per heavy atom. The normalized spacial score (nSPS) is 17.3. The van der Waals surface area contributed by atoms with Crippen molar-refractivity contribution in [1.29, 1.82) is 0 Å². The fourth-order valence-corrected chi connectivity index (χ4v) is 3.54. The summed E-state index contributed by atoms with van der Waals surface area (Å²) in [7, 11) is -3.53. The molecule has 0 amide bonds. The molecule has 116 valence electrons. The number of rotatable bonds is 5. The Morgan fingerprint density at radius 1 is 1.05 bits per heavy atom. The van der Waals surface area contributed by atoms with Gasteiger partial charge in [0.15, 0.2) is 0 Å². The van der Waals surface area contributed by atoms with Crippen molar-refractivity contribution in [3.63, 3.8) is 0 Å². The van der Waals surface area contributed by atoms with E-state index in [0.717, 1.165) is 11.1 Å². The van der Waals surface area contributed by atoms with E-state index in [1.165, 1.54) is 0 Å². The maximum absolute atomic E-state index is 12.7. The highest BCUT2D eigenvalue weighted by Gasteiger charge is 2.24. The maximum atomic E-state index is 12.7. The van der Waals surface area contributed by atoms with E-state index in [1.807, 2.05) is 19.9 Å². The number of ether oxygens (including phenoxy) is 2. The third kappa shape index (κ3) is 3.31. The number of aryl methyl sites for hydroxylation is 2. The molecule has 3 rings (SSSR count). The summed E-state index contributed by atoms with van der Waals surface area (Å²) in [5, 5.41) is 0. The van der Waals surface area contributed by atoms with Gasteiger partial charge in [0.25, 0.3) is 0 Å². The molecule has 1 aliphatic rings. The van der Waals surface area contributed by atoms with Crippen molar-refractivity contribution < 1.29 is 17.9 Å². The Hall–Kier alpha value is -1.85. The predicted octanol–water partition coefficient (Wildman–Crippen LogP) is 2.91. The zero-order valence-electron chi connectivity index (χ0n) is 12.6. The van der Waals surface area contributed by atoms with E-state index in [9.17, 15) is 8.42 Å². The standard InChI is InChI=1S/C17H18O4S/c1-12-3-5-16(6-4-12)22(18,19)17-8-13(2)7-14(9-17)20-10-15-11-21-15/h3-9,15H,10-11H2,1-2H3. The van der Waals surface area contributed by atoms with E-state index in [0.29, 0.717) is 23.9 Å². The first-order chi connectivity index (χ1) is 10.4. The van der Waals surface area contributed by atoms with Crippen LogP contribution in [-0.4, -0.2) is 27.7 Å². The first-order valence-electron chi connectivity index (χ1n) is 7.13. The van der Waals surface area contributed by atoms with Crippen molar-refractivity contribution in [2.75, 3.05) is 13.2 Å². The lowest BCUT2D eigenvalue weighted by Gasteiger charge is -2.10. The summed E-state index contributed by atoms with van der Waals surface area (Å²) in [6.45, 7) is 4.94. The Balaban J connectivity index is 1.93. The highest BCUT2D eigenvalue weighted by atomic mass is 32.2. The quantitative estimate of drug-likeness (QED) is 0.795. The van der Waals surface area contributed by atoms with Gasteiger partial charge in [-0.05, 0) is 49.7 Å². The molecule has 0 bridgehead atoms. The smallest absolute Gasteiger partial charge is 0.206 e. The van der Waals surface area contributed by atoms with Crippen LogP contribution in [-0.2, 0) is 14.6 Å². The largest absolute Gasteiger partial charge is 0.491 e. The molecule has 0 N–H and O–H groups in total. The van der Waals surface area contributed by atoms with Crippen LogP contribution in [0.5, 0.6) is 5.75 Å². The van der Waals surface area contributed by atoms with Gasteiger partial charge < -0.3 is 9.47 Å². The minimum atomic E-state index is -3.53. The molecule has 4 nitrogen and oxygen atoms in total. The van der Waals surface area contributed by atoms with Gasteiger partial charge in [0.1, 0.15) is 18.5 Å². The molecule has 1 heterocycles. The summed E-state index contributed by atoms with van der Waals surface area (Å²) < 4.78 is 36.1. The van der Waals surface area contributed by atoms with Crippen molar-refractivity contribution in [2.24, 2.45) is 0 Å². The summed E-state index contributed by atoms with van der Waals surface area (Å²) in [6, 6.07) is 11.9. The molecule has 1 aliphatic heterocycles. The van der Waals surface area contributed by atoms with Crippen LogP contribution in [0.25, 0.3) is 0 Å². The van der Waals surface area contributed by atoms with Gasteiger partial charge >= 0.3 is 0 Å². The van der Waals surface area contributed by atoms with Crippen LogP contribution < -0.4 is 4.74 Å². The lowest BCUT2D eigenvalue weighted by molar-refractivity contribution is 0.262. The van der Waals surface area contributed by atoms with Crippen molar-refractivity contribution in [2.45, 2.75) is 29.7 Å².